The smallest absolute Gasteiger partial charge is 0.303 e. The molecular weight excluding hydrogens is 258 g/mol. The molecule has 0 aliphatic carbocycles. The lowest BCUT2D eigenvalue weighted by Gasteiger charge is -2.15. The molecule has 0 radical (unpaired) electrons. The van der Waals surface area contributed by atoms with Crippen molar-refractivity contribution in [1.29, 1.82) is 0 Å². The van der Waals surface area contributed by atoms with E-state index >= 15 is 0 Å². The molecule has 0 fully saturated rings. The Kier molecular flexibility index (Phi) is 3.63. The van der Waals surface area contributed by atoms with Gasteiger partial charge in [-0.25, -0.2) is 0 Å². The van der Waals surface area contributed by atoms with Crippen LogP contribution in [-0.2, 0) is 4.79 Å². The van der Waals surface area contributed by atoms with Crippen molar-refractivity contribution in [3.63, 3.8) is 0 Å². The fraction of sp³-hybridized carbons (Fsp3) is 0.417. The van der Waals surface area contributed by atoms with E-state index in [1.54, 1.807) is 6.07 Å². The van der Waals surface area contributed by atoms with Crippen molar-refractivity contribution in [2.24, 2.45) is 5.73 Å². The van der Waals surface area contributed by atoms with Crippen LogP contribution in [0, 0.1) is 6.92 Å². The molecule has 0 saturated carbocycles. The third-order valence-corrected chi connectivity index (χ3v) is 3.42. The van der Waals surface area contributed by atoms with E-state index in [0.717, 1.165) is 5.56 Å². The Morgan fingerprint density at radius 3 is 3.00 bits per heavy atom. The molecule has 1 aromatic carbocycles. The number of carboxylic acids is 1. The first-order valence-corrected chi connectivity index (χ1v) is 5.94. The maximum absolute atomic E-state index is 10.5. The normalized spacial score (nSPS) is 14.6. The van der Waals surface area contributed by atoms with Crippen molar-refractivity contribution in [3.05, 3.63) is 22.2 Å². The summed E-state index contributed by atoms with van der Waals surface area (Å²) in [7, 11) is 0. The van der Waals surface area contributed by atoms with Gasteiger partial charge in [0, 0.05) is 18.0 Å². The molecule has 18 heavy (non-hydrogen) atoms. The summed E-state index contributed by atoms with van der Waals surface area (Å²) in [4.78, 5) is 10.5. The molecule has 1 aromatic rings. The molecule has 1 unspecified atom stereocenters. The van der Waals surface area contributed by atoms with Crippen LogP contribution in [-0.4, -0.2) is 17.9 Å². The SMILES string of the molecule is Cc1c(Cl)c(C(N)CCC(=O)O)cc2c1OCO2. The Hall–Kier alpha value is -1.46. The second kappa shape index (κ2) is 5.04. The zero-order chi connectivity index (χ0) is 13.3. The highest BCUT2D eigenvalue weighted by Crippen LogP contribution is 2.43. The van der Waals surface area contributed by atoms with Crippen LogP contribution in [0.5, 0.6) is 11.5 Å². The topological polar surface area (TPSA) is 81.8 Å². The van der Waals surface area contributed by atoms with Gasteiger partial charge >= 0.3 is 5.97 Å². The molecule has 0 spiro atoms. The van der Waals surface area contributed by atoms with Crippen LogP contribution in [0.4, 0.5) is 0 Å². The van der Waals surface area contributed by atoms with E-state index in [4.69, 9.17) is 31.9 Å². The van der Waals surface area contributed by atoms with E-state index in [0.29, 0.717) is 28.5 Å². The molecule has 2 rings (SSSR count). The molecule has 0 amide bonds. The standard InChI is InChI=1S/C12H14ClNO4/c1-6-11(13)7(8(14)2-3-10(15)16)4-9-12(6)18-5-17-9/h4,8H,2-3,5,14H2,1H3,(H,15,16). The van der Waals surface area contributed by atoms with Gasteiger partial charge in [0.25, 0.3) is 0 Å². The summed E-state index contributed by atoms with van der Waals surface area (Å²) < 4.78 is 10.6. The summed E-state index contributed by atoms with van der Waals surface area (Å²) in [6, 6.07) is 1.30. The van der Waals surface area contributed by atoms with Crippen molar-refractivity contribution in [3.8, 4) is 11.5 Å². The molecule has 0 aromatic heterocycles. The molecule has 1 aliphatic heterocycles. The highest BCUT2D eigenvalue weighted by atomic mass is 35.5. The summed E-state index contributed by atoms with van der Waals surface area (Å²) in [5, 5.41) is 9.17. The highest BCUT2D eigenvalue weighted by Gasteiger charge is 2.23. The van der Waals surface area contributed by atoms with Gasteiger partial charge in [-0.1, -0.05) is 11.6 Å². The summed E-state index contributed by atoms with van der Waals surface area (Å²) in [6.07, 6.45) is 0.332. The summed E-state index contributed by atoms with van der Waals surface area (Å²) in [6.45, 7) is 1.99. The first-order valence-electron chi connectivity index (χ1n) is 5.56. The number of fused-ring (bicyclic) bond motifs is 1. The van der Waals surface area contributed by atoms with Crippen LogP contribution in [0.15, 0.2) is 6.07 Å². The van der Waals surface area contributed by atoms with Crippen LogP contribution in [0.1, 0.15) is 30.0 Å². The molecule has 0 bridgehead atoms. The highest BCUT2D eigenvalue weighted by molar-refractivity contribution is 6.32. The van der Waals surface area contributed by atoms with Gasteiger partial charge in [-0.2, -0.15) is 0 Å². The minimum absolute atomic E-state index is 0.00495. The van der Waals surface area contributed by atoms with E-state index in [1.165, 1.54) is 0 Å². The number of hydrogen-bond acceptors (Lipinski definition) is 4. The second-order valence-electron chi connectivity index (χ2n) is 4.18. The molecule has 98 valence electrons. The Balaban J connectivity index is 2.28. The lowest BCUT2D eigenvalue weighted by Crippen LogP contribution is -2.13. The van der Waals surface area contributed by atoms with Crippen molar-refractivity contribution in [2.45, 2.75) is 25.8 Å². The lowest BCUT2D eigenvalue weighted by atomic mass is 9.99. The number of aliphatic carboxylic acids is 1. The van der Waals surface area contributed by atoms with Crippen LogP contribution in [0.25, 0.3) is 0 Å². The van der Waals surface area contributed by atoms with Gasteiger partial charge < -0.3 is 20.3 Å². The maximum atomic E-state index is 10.5. The fourth-order valence-corrected chi connectivity index (χ4v) is 2.19. The lowest BCUT2D eigenvalue weighted by molar-refractivity contribution is -0.137. The number of hydrogen-bond donors (Lipinski definition) is 2. The number of ether oxygens (including phenoxy) is 2. The number of carboxylic acid groups (broad SMARTS) is 1. The minimum Gasteiger partial charge on any atom is -0.481 e. The van der Waals surface area contributed by atoms with Crippen molar-refractivity contribution in [1.82, 2.24) is 0 Å². The van der Waals surface area contributed by atoms with Crippen LogP contribution in [0.3, 0.4) is 0 Å². The molecule has 3 N–H and O–H groups in total. The molecule has 1 atom stereocenters. The van der Waals surface area contributed by atoms with Gasteiger partial charge in [-0.15, -0.1) is 0 Å². The summed E-state index contributed by atoms with van der Waals surface area (Å²) >= 11 is 6.22. The van der Waals surface area contributed by atoms with Crippen molar-refractivity contribution in [2.75, 3.05) is 6.79 Å². The number of nitrogens with two attached hydrogens (primary N) is 1. The molecular formula is C12H14ClNO4. The quantitative estimate of drug-likeness (QED) is 0.878. The van der Waals surface area contributed by atoms with Gasteiger partial charge in [-0.05, 0) is 25.0 Å². The van der Waals surface area contributed by atoms with E-state index in [1.807, 2.05) is 6.92 Å². The number of rotatable bonds is 4. The summed E-state index contributed by atoms with van der Waals surface area (Å²) in [5.41, 5.74) is 7.43. The fourth-order valence-electron chi connectivity index (χ4n) is 1.91. The Morgan fingerprint density at radius 2 is 2.33 bits per heavy atom. The van der Waals surface area contributed by atoms with Crippen LogP contribution < -0.4 is 15.2 Å². The first-order chi connectivity index (χ1) is 8.50. The Labute approximate surface area is 109 Å². The van der Waals surface area contributed by atoms with Gasteiger partial charge in [0.1, 0.15) is 0 Å². The molecule has 1 aliphatic rings. The van der Waals surface area contributed by atoms with Crippen LogP contribution in [0.2, 0.25) is 5.02 Å². The van der Waals surface area contributed by atoms with E-state index < -0.39 is 12.0 Å². The van der Waals surface area contributed by atoms with Gasteiger partial charge in [0.2, 0.25) is 6.79 Å². The van der Waals surface area contributed by atoms with Crippen molar-refractivity contribution >= 4 is 17.6 Å². The molecule has 6 heteroatoms. The monoisotopic (exact) mass is 271 g/mol. The Morgan fingerprint density at radius 1 is 1.61 bits per heavy atom. The van der Waals surface area contributed by atoms with E-state index in [2.05, 4.69) is 0 Å². The third-order valence-electron chi connectivity index (χ3n) is 2.92. The molecule has 5 nitrogen and oxygen atoms in total. The van der Waals surface area contributed by atoms with Crippen LogP contribution >= 0.6 is 11.6 Å². The predicted molar refractivity (Wildman–Crippen MR) is 66.1 cm³/mol. The van der Waals surface area contributed by atoms with E-state index in [9.17, 15) is 4.79 Å². The average Bonchev–Trinajstić information content (AvgIpc) is 2.79. The van der Waals surface area contributed by atoms with Gasteiger partial charge in [-0.3, -0.25) is 4.79 Å². The predicted octanol–water partition coefficient (Wildman–Crippen LogP) is 2.24. The zero-order valence-electron chi connectivity index (χ0n) is 9.90. The summed E-state index contributed by atoms with van der Waals surface area (Å²) in [5.74, 6) is 0.367. The van der Waals surface area contributed by atoms with Gasteiger partial charge in [0.05, 0.1) is 5.02 Å². The Bertz CT molecular complexity index is 489. The number of benzene rings is 1. The zero-order valence-corrected chi connectivity index (χ0v) is 10.7. The maximum Gasteiger partial charge on any atom is 0.303 e. The number of carbonyl (C=O) groups is 1. The largest absolute Gasteiger partial charge is 0.481 e. The van der Waals surface area contributed by atoms with Gasteiger partial charge in [0.15, 0.2) is 11.5 Å². The minimum atomic E-state index is -0.876. The third kappa shape index (κ3) is 2.37. The van der Waals surface area contributed by atoms with Crippen molar-refractivity contribution < 1.29 is 19.4 Å². The first kappa shape index (κ1) is 13.0. The van der Waals surface area contributed by atoms with E-state index in [-0.39, 0.29) is 13.2 Å². The average molecular weight is 272 g/mol. The molecule has 1 heterocycles. The second-order valence-corrected chi connectivity index (χ2v) is 4.56. The molecule has 0 saturated heterocycles. The number of halogens is 1.